The van der Waals surface area contributed by atoms with Gasteiger partial charge in [-0.2, -0.15) is 0 Å². The maximum atomic E-state index is 10.5. The average molecular weight is 627 g/mol. The predicted molar refractivity (Wildman–Crippen MR) is 182 cm³/mol. The van der Waals surface area contributed by atoms with Crippen molar-refractivity contribution in [3.05, 3.63) is 60.7 Å². The first-order valence-corrected chi connectivity index (χ1v) is 21.2. The monoisotopic (exact) mass is 626 g/mol. The van der Waals surface area contributed by atoms with E-state index in [1.54, 1.807) is 0 Å². The van der Waals surface area contributed by atoms with Crippen molar-refractivity contribution in [1.82, 2.24) is 0 Å². The molecule has 0 aliphatic carbocycles. The molecule has 0 aromatic heterocycles. The molecule has 7 heteroatoms. The van der Waals surface area contributed by atoms with E-state index < -0.39 is 33.9 Å². The molecule has 2 heterocycles. The third-order valence-electron chi connectivity index (χ3n) is 10.5. The summed E-state index contributed by atoms with van der Waals surface area (Å²) in [6.45, 7) is 20.6. The minimum atomic E-state index is -2.66. The molecule has 2 fully saturated rings. The molecule has 2 aliphatic rings. The molecule has 2 saturated heterocycles. The van der Waals surface area contributed by atoms with Gasteiger partial charge in [-0.15, -0.1) is 0 Å². The average Bonchev–Trinajstić information content (AvgIpc) is 2.97. The Bertz CT molecular complexity index is 1100. The number of hydrogen-bond donors (Lipinski definition) is 1. The summed E-state index contributed by atoms with van der Waals surface area (Å²) >= 11 is 0. The van der Waals surface area contributed by atoms with Crippen molar-refractivity contribution in [3.63, 3.8) is 0 Å². The van der Waals surface area contributed by atoms with Crippen molar-refractivity contribution >= 4 is 27.0 Å². The maximum Gasteiger partial charge on any atom is 0.261 e. The van der Waals surface area contributed by atoms with Gasteiger partial charge in [0.25, 0.3) is 8.32 Å². The summed E-state index contributed by atoms with van der Waals surface area (Å²) < 4.78 is 28.4. The maximum absolute atomic E-state index is 10.5. The van der Waals surface area contributed by atoms with Gasteiger partial charge in [-0.05, 0) is 67.2 Å². The summed E-state index contributed by atoms with van der Waals surface area (Å²) in [6.07, 6.45) is 2.43. The summed E-state index contributed by atoms with van der Waals surface area (Å²) in [5.41, 5.74) is -0.981. The molecule has 2 aliphatic heterocycles. The first kappa shape index (κ1) is 34.5. The van der Waals surface area contributed by atoms with Crippen LogP contribution in [0, 0.1) is 0 Å². The van der Waals surface area contributed by atoms with Crippen molar-refractivity contribution in [2.75, 3.05) is 6.61 Å². The van der Waals surface area contributed by atoms with E-state index in [1.807, 2.05) is 6.92 Å². The number of rotatable bonds is 12. The molecular formula is C36H58O5Si2. The van der Waals surface area contributed by atoms with Gasteiger partial charge in [-0.25, -0.2) is 0 Å². The second-order valence-electron chi connectivity index (χ2n) is 14.6. The van der Waals surface area contributed by atoms with Crippen LogP contribution in [0.2, 0.25) is 23.2 Å². The highest BCUT2D eigenvalue weighted by molar-refractivity contribution is 6.99. The molecule has 1 unspecified atom stereocenters. The fourth-order valence-corrected chi connectivity index (χ4v) is 15.4. The molecule has 4 rings (SSSR count). The normalized spacial score (nSPS) is 29.2. The smallest absolute Gasteiger partial charge is 0.261 e. The van der Waals surface area contributed by atoms with Gasteiger partial charge >= 0.3 is 0 Å². The van der Waals surface area contributed by atoms with Gasteiger partial charge in [-0.3, -0.25) is 0 Å². The van der Waals surface area contributed by atoms with Gasteiger partial charge in [0.1, 0.15) is 0 Å². The van der Waals surface area contributed by atoms with E-state index in [-0.39, 0.29) is 23.4 Å². The van der Waals surface area contributed by atoms with E-state index in [2.05, 4.69) is 116 Å². The lowest BCUT2D eigenvalue weighted by Crippen LogP contribution is -2.68. The third-order valence-corrected chi connectivity index (χ3v) is 20.2. The van der Waals surface area contributed by atoms with Crippen LogP contribution in [0.15, 0.2) is 60.7 Å². The Morgan fingerprint density at radius 1 is 0.930 bits per heavy atom. The topological polar surface area (TPSA) is 57.2 Å². The molecule has 6 atom stereocenters. The lowest BCUT2D eigenvalue weighted by Gasteiger charge is -2.57. The molecule has 43 heavy (non-hydrogen) atoms. The Morgan fingerprint density at radius 3 is 1.93 bits per heavy atom. The summed E-state index contributed by atoms with van der Waals surface area (Å²) in [5, 5.41) is 13.0. The first-order chi connectivity index (χ1) is 20.3. The fraction of sp³-hybridized carbons (Fsp3) is 0.667. The van der Waals surface area contributed by atoms with E-state index in [0.29, 0.717) is 13.0 Å². The molecule has 240 valence electrons. The van der Waals surface area contributed by atoms with E-state index in [4.69, 9.17) is 18.3 Å². The number of benzene rings is 2. The van der Waals surface area contributed by atoms with E-state index in [1.165, 1.54) is 10.4 Å². The van der Waals surface area contributed by atoms with Crippen molar-refractivity contribution in [2.24, 2.45) is 0 Å². The Labute approximate surface area is 263 Å². The standard InChI is InChI=1S/C36H58O5Si2/c1-10-42(11-2,12-3)40-33-25-32-35(8,41-36(33,9)26-28(4)37)24-23-29(39-32)27-38-43(34(5,6)7,30-19-15-13-16-20-30)31-21-17-14-18-22-31/h13-22,28-29,32-33,37H,10-12,23-27H2,1-9H3/t28?,29-,32-,33+,35+,36-/m0/s1. The van der Waals surface area contributed by atoms with Gasteiger partial charge in [0.05, 0.1) is 42.2 Å². The lowest BCUT2D eigenvalue weighted by atomic mass is 9.76. The van der Waals surface area contributed by atoms with Gasteiger partial charge in [0.15, 0.2) is 8.32 Å². The van der Waals surface area contributed by atoms with Crippen molar-refractivity contribution < 1.29 is 23.4 Å². The van der Waals surface area contributed by atoms with E-state index >= 15 is 0 Å². The van der Waals surface area contributed by atoms with Crippen LogP contribution in [-0.4, -0.2) is 64.0 Å². The highest BCUT2D eigenvalue weighted by Gasteiger charge is 2.57. The zero-order chi connectivity index (χ0) is 31.5. The Hall–Kier alpha value is -1.33. The first-order valence-electron chi connectivity index (χ1n) is 16.7. The SMILES string of the molecule is CC[Si](CC)(CC)O[C@@H]1C[C@@H]2O[C@H](CO[Si](c3ccccc3)(c3ccccc3)C(C)(C)C)CC[C@@]2(C)O[C@@]1(C)CC(C)O. The second kappa shape index (κ2) is 13.6. The zero-order valence-electron chi connectivity index (χ0n) is 28.3. The highest BCUT2D eigenvalue weighted by atomic mass is 28.4. The van der Waals surface area contributed by atoms with Gasteiger partial charge in [0, 0.05) is 12.8 Å². The van der Waals surface area contributed by atoms with Crippen LogP contribution < -0.4 is 10.4 Å². The molecule has 0 radical (unpaired) electrons. The molecule has 2 aromatic rings. The number of ether oxygens (including phenoxy) is 2. The van der Waals surface area contributed by atoms with Crippen molar-refractivity contribution in [2.45, 2.75) is 147 Å². The Balaban J connectivity index is 1.61. The Kier molecular flexibility index (Phi) is 10.9. The second-order valence-corrected chi connectivity index (χ2v) is 23.7. The van der Waals surface area contributed by atoms with Crippen molar-refractivity contribution in [3.8, 4) is 0 Å². The minimum absolute atomic E-state index is 0.0179. The molecule has 0 saturated carbocycles. The van der Waals surface area contributed by atoms with Crippen molar-refractivity contribution in [1.29, 1.82) is 0 Å². The fourth-order valence-electron chi connectivity index (χ4n) is 7.85. The summed E-state index contributed by atoms with van der Waals surface area (Å²) in [4.78, 5) is 0. The largest absolute Gasteiger partial charge is 0.411 e. The van der Waals surface area contributed by atoms with Gasteiger partial charge < -0.3 is 23.4 Å². The molecular weight excluding hydrogens is 569 g/mol. The van der Waals surface area contributed by atoms with Crippen LogP contribution in [0.5, 0.6) is 0 Å². The molecule has 0 amide bonds. The predicted octanol–water partition coefficient (Wildman–Crippen LogP) is 7.21. The summed E-state index contributed by atoms with van der Waals surface area (Å²) in [6, 6.07) is 24.9. The van der Waals surface area contributed by atoms with Crippen LogP contribution in [0.25, 0.3) is 0 Å². The van der Waals surface area contributed by atoms with Crippen LogP contribution in [0.4, 0.5) is 0 Å². The molecule has 2 aromatic carbocycles. The number of fused-ring (bicyclic) bond motifs is 1. The van der Waals surface area contributed by atoms with Crippen LogP contribution in [0.3, 0.4) is 0 Å². The molecule has 1 N–H and O–H groups in total. The quantitative estimate of drug-likeness (QED) is 0.252. The van der Waals surface area contributed by atoms with E-state index in [0.717, 1.165) is 37.4 Å². The van der Waals surface area contributed by atoms with E-state index in [9.17, 15) is 5.11 Å². The molecule has 5 nitrogen and oxygen atoms in total. The van der Waals surface area contributed by atoms with Gasteiger partial charge in [-0.1, -0.05) is 102 Å². The van der Waals surface area contributed by atoms with Crippen LogP contribution in [0.1, 0.15) is 88.0 Å². The minimum Gasteiger partial charge on any atom is -0.411 e. The van der Waals surface area contributed by atoms with Gasteiger partial charge in [0.2, 0.25) is 0 Å². The lowest BCUT2D eigenvalue weighted by molar-refractivity contribution is -0.301. The third kappa shape index (κ3) is 7.08. The number of hydrogen-bond acceptors (Lipinski definition) is 5. The summed E-state index contributed by atoms with van der Waals surface area (Å²) in [7, 11) is -4.57. The van der Waals surface area contributed by atoms with Crippen LogP contribution in [-0.2, 0) is 18.3 Å². The Morgan fingerprint density at radius 2 is 1.47 bits per heavy atom. The number of aliphatic hydroxyl groups excluding tert-OH is 1. The molecule has 0 bridgehead atoms. The molecule has 0 spiro atoms. The number of aliphatic hydroxyl groups is 1. The van der Waals surface area contributed by atoms with Crippen LogP contribution >= 0.6 is 0 Å². The zero-order valence-corrected chi connectivity index (χ0v) is 30.3. The highest BCUT2D eigenvalue weighted by Crippen LogP contribution is 2.48. The summed E-state index contributed by atoms with van der Waals surface area (Å²) in [5.74, 6) is 0.